The third-order valence-electron chi connectivity index (χ3n) is 3.75. The molecule has 0 radical (unpaired) electrons. The van der Waals surface area contributed by atoms with Gasteiger partial charge in [0.15, 0.2) is 5.13 Å². The summed E-state index contributed by atoms with van der Waals surface area (Å²) in [5.41, 5.74) is 1.78. The Kier molecular flexibility index (Phi) is 6.10. The fourth-order valence-electron chi connectivity index (χ4n) is 2.58. The molecule has 4 nitrogen and oxygen atoms in total. The molecule has 3 rings (SSSR count). The topological polar surface area (TPSA) is 54.0 Å². The highest BCUT2D eigenvalue weighted by molar-refractivity contribution is 7.15. The van der Waals surface area contributed by atoms with E-state index in [9.17, 15) is 9.18 Å². The van der Waals surface area contributed by atoms with Gasteiger partial charge < -0.3 is 10.6 Å². The van der Waals surface area contributed by atoms with Crippen molar-refractivity contribution in [3.63, 3.8) is 0 Å². The van der Waals surface area contributed by atoms with Crippen LogP contribution < -0.4 is 10.6 Å². The number of anilines is 1. The first kappa shape index (κ1) is 17.8. The SMILES string of the molecule is Cc1nc(NC(=O)C2CCCN2)sc1Cc1cccc(F)c1.Cl. The minimum absolute atomic E-state index is 0. The Labute approximate surface area is 144 Å². The van der Waals surface area contributed by atoms with Gasteiger partial charge in [-0.1, -0.05) is 12.1 Å². The molecule has 2 aromatic rings. The van der Waals surface area contributed by atoms with Crippen molar-refractivity contribution in [2.75, 3.05) is 11.9 Å². The van der Waals surface area contributed by atoms with Gasteiger partial charge >= 0.3 is 0 Å². The molecule has 1 fully saturated rings. The van der Waals surface area contributed by atoms with Crippen LogP contribution in [-0.4, -0.2) is 23.5 Å². The van der Waals surface area contributed by atoms with Gasteiger partial charge in [-0.25, -0.2) is 9.37 Å². The molecule has 0 aliphatic carbocycles. The van der Waals surface area contributed by atoms with Crippen LogP contribution in [0.5, 0.6) is 0 Å². The molecule has 7 heteroatoms. The smallest absolute Gasteiger partial charge is 0.243 e. The molecule has 1 amide bonds. The van der Waals surface area contributed by atoms with E-state index in [2.05, 4.69) is 15.6 Å². The first-order valence-electron chi connectivity index (χ1n) is 7.37. The molecule has 1 aliphatic rings. The van der Waals surface area contributed by atoms with Crippen LogP contribution >= 0.6 is 23.7 Å². The zero-order valence-electron chi connectivity index (χ0n) is 12.8. The van der Waals surface area contributed by atoms with E-state index in [4.69, 9.17) is 0 Å². The lowest BCUT2D eigenvalue weighted by Gasteiger charge is -2.08. The Morgan fingerprint density at radius 2 is 2.35 bits per heavy atom. The number of hydrogen-bond acceptors (Lipinski definition) is 4. The average molecular weight is 356 g/mol. The summed E-state index contributed by atoms with van der Waals surface area (Å²) in [6, 6.07) is 6.44. The van der Waals surface area contributed by atoms with Gasteiger partial charge in [-0.3, -0.25) is 4.79 Å². The highest BCUT2D eigenvalue weighted by atomic mass is 35.5. The molecule has 1 unspecified atom stereocenters. The molecule has 0 spiro atoms. The van der Waals surface area contributed by atoms with Crippen LogP contribution in [0.15, 0.2) is 24.3 Å². The first-order valence-corrected chi connectivity index (χ1v) is 8.18. The predicted octanol–water partition coefficient (Wildman–Crippen LogP) is 3.29. The maximum atomic E-state index is 13.2. The average Bonchev–Trinajstić information content (AvgIpc) is 3.10. The Morgan fingerprint density at radius 3 is 3.04 bits per heavy atom. The van der Waals surface area contributed by atoms with Gasteiger partial charge in [-0.05, 0) is 44.0 Å². The van der Waals surface area contributed by atoms with E-state index in [0.717, 1.165) is 35.5 Å². The van der Waals surface area contributed by atoms with Crippen molar-refractivity contribution < 1.29 is 9.18 Å². The Balaban J connectivity index is 0.00000192. The van der Waals surface area contributed by atoms with Gasteiger partial charge in [0.2, 0.25) is 5.91 Å². The minimum Gasteiger partial charge on any atom is -0.306 e. The number of aryl methyl sites for hydroxylation is 1. The lowest BCUT2D eigenvalue weighted by molar-refractivity contribution is -0.117. The molecule has 1 aliphatic heterocycles. The normalized spacial score (nSPS) is 16.9. The quantitative estimate of drug-likeness (QED) is 0.884. The molecule has 1 saturated heterocycles. The van der Waals surface area contributed by atoms with E-state index in [1.165, 1.54) is 23.5 Å². The van der Waals surface area contributed by atoms with Crippen LogP contribution in [0.25, 0.3) is 0 Å². The zero-order valence-corrected chi connectivity index (χ0v) is 14.4. The summed E-state index contributed by atoms with van der Waals surface area (Å²) in [6.07, 6.45) is 2.52. The summed E-state index contributed by atoms with van der Waals surface area (Å²) in [4.78, 5) is 17.5. The number of nitrogens with zero attached hydrogens (tertiary/aromatic N) is 1. The summed E-state index contributed by atoms with van der Waals surface area (Å²) in [5, 5.41) is 6.65. The summed E-state index contributed by atoms with van der Waals surface area (Å²) in [6.45, 7) is 2.80. The van der Waals surface area contributed by atoms with Gasteiger partial charge in [-0.15, -0.1) is 23.7 Å². The molecule has 0 bridgehead atoms. The Morgan fingerprint density at radius 1 is 1.52 bits per heavy atom. The van der Waals surface area contributed by atoms with Crippen molar-refractivity contribution in [1.29, 1.82) is 0 Å². The second-order valence-electron chi connectivity index (χ2n) is 5.47. The first-order chi connectivity index (χ1) is 10.6. The molecule has 0 saturated carbocycles. The maximum absolute atomic E-state index is 13.2. The standard InChI is InChI=1S/C16H18FN3OS.ClH/c1-10-14(9-11-4-2-5-12(17)8-11)22-16(19-10)20-15(21)13-6-3-7-18-13;/h2,4-5,8,13,18H,3,6-7,9H2,1H3,(H,19,20,21);1H. The van der Waals surface area contributed by atoms with Gasteiger partial charge in [0.1, 0.15) is 5.82 Å². The van der Waals surface area contributed by atoms with Crippen molar-refractivity contribution in [3.05, 3.63) is 46.2 Å². The van der Waals surface area contributed by atoms with Crippen molar-refractivity contribution >= 4 is 34.8 Å². The van der Waals surface area contributed by atoms with Crippen molar-refractivity contribution in [2.45, 2.75) is 32.2 Å². The number of rotatable bonds is 4. The van der Waals surface area contributed by atoms with Crippen LogP contribution in [0.4, 0.5) is 9.52 Å². The lowest BCUT2D eigenvalue weighted by atomic mass is 10.1. The number of amides is 1. The van der Waals surface area contributed by atoms with Crippen LogP contribution in [0.2, 0.25) is 0 Å². The monoisotopic (exact) mass is 355 g/mol. The van der Waals surface area contributed by atoms with Crippen molar-refractivity contribution in [2.24, 2.45) is 0 Å². The van der Waals surface area contributed by atoms with Gasteiger partial charge in [0, 0.05) is 11.3 Å². The zero-order chi connectivity index (χ0) is 15.5. The van der Waals surface area contributed by atoms with Gasteiger partial charge in [0.05, 0.1) is 11.7 Å². The van der Waals surface area contributed by atoms with Crippen LogP contribution in [0, 0.1) is 12.7 Å². The molecule has 23 heavy (non-hydrogen) atoms. The molecule has 2 N–H and O–H groups in total. The summed E-state index contributed by atoms with van der Waals surface area (Å²) in [5.74, 6) is -0.260. The maximum Gasteiger partial charge on any atom is 0.243 e. The van der Waals surface area contributed by atoms with E-state index in [1.54, 1.807) is 6.07 Å². The second kappa shape index (κ2) is 7.86. The highest BCUT2D eigenvalue weighted by Crippen LogP contribution is 2.25. The molecule has 1 aromatic heterocycles. The third-order valence-corrected chi connectivity index (χ3v) is 4.83. The minimum atomic E-state index is -0.236. The molecule has 2 heterocycles. The summed E-state index contributed by atoms with van der Waals surface area (Å²) < 4.78 is 13.2. The number of aromatic nitrogens is 1. The summed E-state index contributed by atoms with van der Waals surface area (Å²) >= 11 is 1.45. The van der Waals surface area contributed by atoms with Crippen LogP contribution in [0.3, 0.4) is 0 Å². The number of halogens is 2. The fraction of sp³-hybridized carbons (Fsp3) is 0.375. The Hall–Kier alpha value is -1.50. The molecule has 1 atom stereocenters. The number of nitrogens with one attached hydrogen (secondary N) is 2. The van der Waals surface area contributed by atoms with Crippen molar-refractivity contribution in [1.82, 2.24) is 10.3 Å². The number of carbonyl (C=O) groups excluding carboxylic acids is 1. The third kappa shape index (κ3) is 4.50. The predicted molar refractivity (Wildman–Crippen MR) is 93.0 cm³/mol. The number of hydrogen-bond donors (Lipinski definition) is 2. The van der Waals surface area contributed by atoms with Crippen LogP contribution in [-0.2, 0) is 11.2 Å². The second-order valence-corrected chi connectivity index (χ2v) is 6.56. The van der Waals surface area contributed by atoms with E-state index >= 15 is 0 Å². The summed E-state index contributed by atoms with van der Waals surface area (Å²) in [7, 11) is 0. The van der Waals surface area contributed by atoms with E-state index in [0.29, 0.717) is 11.6 Å². The molecular weight excluding hydrogens is 337 g/mol. The molecular formula is C16H19ClFN3OS. The van der Waals surface area contributed by atoms with Gasteiger partial charge in [0.25, 0.3) is 0 Å². The van der Waals surface area contributed by atoms with Crippen molar-refractivity contribution in [3.8, 4) is 0 Å². The lowest BCUT2D eigenvalue weighted by Crippen LogP contribution is -2.35. The van der Waals surface area contributed by atoms with E-state index in [1.807, 2.05) is 13.0 Å². The number of benzene rings is 1. The fourth-order valence-corrected chi connectivity index (χ4v) is 3.58. The van der Waals surface area contributed by atoms with E-state index < -0.39 is 0 Å². The van der Waals surface area contributed by atoms with E-state index in [-0.39, 0.29) is 30.2 Å². The number of thiazole rings is 1. The van der Waals surface area contributed by atoms with Crippen LogP contribution in [0.1, 0.15) is 29.0 Å². The van der Waals surface area contributed by atoms with Gasteiger partial charge in [-0.2, -0.15) is 0 Å². The number of carbonyl (C=O) groups is 1. The largest absolute Gasteiger partial charge is 0.306 e. The Bertz CT molecular complexity index is 686. The highest BCUT2D eigenvalue weighted by Gasteiger charge is 2.23. The molecule has 124 valence electrons. The molecule has 1 aromatic carbocycles.